The smallest absolute Gasteiger partial charge is 0.475 e. The number of hydrogen-bond donors (Lipinski definition) is 3. The van der Waals surface area contributed by atoms with Crippen LogP contribution in [0.2, 0.25) is 0 Å². The van der Waals surface area contributed by atoms with Crippen LogP contribution >= 0.6 is 0 Å². The van der Waals surface area contributed by atoms with Gasteiger partial charge in [0.1, 0.15) is 0 Å². The topological polar surface area (TPSA) is 84.9 Å². The second-order valence-electron chi connectivity index (χ2n) is 13.6. The normalized spacial score (nSPS) is 16.1. The fourth-order valence-electron chi connectivity index (χ4n) is 6.47. The van der Waals surface area contributed by atoms with Gasteiger partial charge in [0.05, 0.1) is 0 Å². The molecule has 1 aliphatic heterocycles. The van der Waals surface area contributed by atoms with E-state index in [2.05, 4.69) is 113 Å². The first-order valence-corrected chi connectivity index (χ1v) is 17.5. The lowest BCUT2D eigenvalue weighted by atomic mass is 9.95. The van der Waals surface area contributed by atoms with E-state index in [-0.39, 0.29) is 12.1 Å². The molecule has 5 rings (SSSR count). The van der Waals surface area contributed by atoms with Crippen molar-refractivity contribution in [1.82, 2.24) is 20.4 Å². The Morgan fingerprint density at radius 3 is 2.08 bits per heavy atom. The van der Waals surface area contributed by atoms with Crippen LogP contribution < -0.4 is 10.6 Å². The third-order valence-corrected chi connectivity index (χ3v) is 9.13. The van der Waals surface area contributed by atoms with E-state index in [0.29, 0.717) is 18.5 Å². The van der Waals surface area contributed by atoms with Gasteiger partial charge in [-0.05, 0) is 72.0 Å². The number of carbonyl (C=O) groups excluding carboxylic acids is 1. The third kappa shape index (κ3) is 12.8. The number of piperidine rings is 1. The molecule has 2 amide bonds. The molecule has 0 atom stereocenters. The average molecular weight is 681 g/mol. The van der Waals surface area contributed by atoms with Crippen LogP contribution in [0.15, 0.2) is 78.9 Å². The molecule has 3 aromatic carbocycles. The zero-order valence-corrected chi connectivity index (χ0v) is 28.7. The molecule has 0 unspecified atom stereocenters. The van der Waals surface area contributed by atoms with E-state index < -0.39 is 12.1 Å². The van der Waals surface area contributed by atoms with Gasteiger partial charge < -0.3 is 20.6 Å². The largest absolute Gasteiger partial charge is 0.490 e. The molecule has 0 spiro atoms. The lowest BCUT2D eigenvalue weighted by Crippen LogP contribution is -2.52. The van der Waals surface area contributed by atoms with Gasteiger partial charge in [0.25, 0.3) is 0 Å². The predicted octanol–water partition coefficient (Wildman–Crippen LogP) is 8.24. The summed E-state index contributed by atoms with van der Waals surface area (Å²) in [5.74, 6) is -2.11. The van der Waals surface area contributed by atoms with Gasteiger partial charge in [0, 0.05) is 44.8 Å². The van der Waals surface area contributed by atoms with Crippen molar-refractivity contribution in [3.8, 4) is 11.1 Å². The molecule has 0 bridgehead atoms. The molecule has 7 nitrogen and oxygen atoms in total. The van der Waals surface area contributed by atoms with Gasteiger partial charge >= 0.3 is 18.2 Å². The summed E-state index contributed by atoms with van der Waals surface area (Å²) in [6, 6.07) is 29.1. The summed E-state index contributed by atoms with van der Waals surface area (Å²) in [6.45, 7) is 10.1. The van der Waals surface area contributed by atoms with Crippen LogP contribution in [0.1, 0.15) is 75.5 Å². The summed E-state index contributed by atoms with van der Waals surface area (Å²) >= 11 is 0. The minimum absolute atomic E-state index is 0.120. The fourth-order valence-corrected chi connectivity index (χ4v) is 6.47. The summed E-state index contributed by atoms with van der Waals surface area (Å²) in [7, 11) is 0. The number of alkyl halides is 3. The lowest BCUT2D eigenvalue weighted by Gasteiger charge is -2.39. The predicted molar refractivity (Wildman–Crippen MR) is 188 cm³/mol. The number of amides is 2. The molecule has 3 N–H and O–H groups in total. The van der Waals surface area contributed by atoms with Gasteiger partial charge in [-0.25, -0.2) is 9.59 Å². The monoisotopic (exact) mass is 680 g/mol. The number of nitrogens with one attached hydrogen (secondary N) is 2. The molecule has 1 saturated carbocycles. The van der Waals surface area contributed by atoms with Crippen LogP contribution in [0.4, 0.5) is 18.0 Å². The Kier molecular flexibility index (Phi) is 14.5. The minimum atomic E-state index is -5.08. The van der Waals surface area contributed by atoms with Crippen LogP contribution in [0, 0.1) is 5.92 Å². The Morgan fingerprint density at radius 1 is 0.837 bits per heavy atom. The number of likely N-dealkylation sites (tertiary alicyclic amines) is 1. The zero-order valence-electron chi connectivity index (χ0n) is 28.7. The maximum Gasteiger partial charge on any atom is 0.490 e. The molecule has 1 saturated heterocycles. The summed E-state index contributed by atoms with van der Waals surface area (Å²) in [5, 5.41) is 14.1. The highest BCUT2D eigenvalue weighted by Gasteiger charge is 2.38. The molecular weight excluding hydrogens is 629 g/mol. The molecular formula is C39H51F3N4O3. The Balaban J connectivity index is 0.000000698. The van der Waals surface area contributed by atoms with Crippen LogP contribution in [0.25, 0.3) is 11.1 Å². The van der Waals surface area contributed by atoms with E-state index in [1.807, 2.05) is 0 Å². The molecule has 0 radical (unpaired) electrons. The van der Waals surface area contributed by atoms with Gasteiger partial charge in [-0.15, -0.1) is 0 Å². The number of urea groups is 1. The van der Waals surface area contributed by atoms with Crippen molar-refractivity contribution < 1.29 is 27.9 Å². The summed E-state index contributed by atoms with van der Waals surface area (Å²) in [6.07, 6.45) is 2.89. The number of hydrogen-bond acceptors (Lipinski definition) is 4. The molecule has 1 heterocycles. The van der Waals surface area contributed by atoms with Gasteiger partial charge in [0.2, 0.25) is 0 Å². The Bertz CT molecular complexity index is 1440. The highest BCUT2D eigenvalue weighted by Crippen LogP contribution is 2.25. The summed E-state index contributed by atoms with van der Waals surface area (Å²) < 4.78 is 31.7. The highest BCUT2D eigenvalue weighted by molar-refractivity contribution is 5.75. The van der Waals surface area contributed by atoms with E-state index >= 15 is 0 Å². The average Bonchev–Trinajstić information content (AvgIpc) is 3.09. The third-order valence-electron chi connectivity index (χ3n) is 9.13. The molecule has 266 valence electrons. The number of carbonyl (C=O) groups is 2. The SMILES string of the molecule is CC(C)CNCc1cccc(-c2ccc(CN(C(=O)NC3CCCCC3)C3CCN(Cc4ccccc4)CC3)cc2)c1.O=C(O)C(F)(F)F. The van der Waals surface area contributed by atoms with E-state index in [0.717, 1.165) is 58.4 Å². The number of carboxylic acids is 1. The van der Waals surface area contributed by atoms with E-state index in [1.165, 1.54) is 47.1 Å². The number of rotatable bonds is 11. The number of benzene rings is 3. The van der Waals surface area contributed by atoms with Crippen molar-refractivity contribution in [2.75, 3.05) is 19.6 Å². The Hall–Kier alpha value is -3.89. The number of halogens is 3. The fraction of sp³-hybridized carbons (Fsp3) is 0.487. The Morgan fingerprint density at radius 2 is 1.47 bits per heavy atom. The molecule has 1 aliphatic carbocycles. The van der Waals surface area contributed by atoms with Gasteiger partial charge in [-0.2, -0.15) is 13.2 Å². The van der Waals surface area contributed by atoms with Crippen LogP contribution in [0.5, 0.6) is 0 Å². The van der Waals surface area contributed by atoms with Gasteiger partial charge in [-0.1, -0.05) is 106 Å². The minimum Gasteiger partial charge on any atom is -0.475 e. The van der Waals surface area contributed by atoms with Crippen LogP contribution in [-0.4, -0.2) is 64.8 Å². The zero-order chi connectivity index (χ0) is 35.2. The Labute approximate surface area is 288 Å². The molecule has 2 aliphatic rings. The van der Waals surface area contributed by atoms with Gasteiger partial charge in [-0.3, -0.25) is 4.90 Å². The van der Waals surface area contributed by atoms with E-state index in [1.54, 1.807) is 0 Å². The highest BCUT2D eigenvalue weighted by atomic mass is 19.4. The van der Waals surface area contributed by atoms with Crippen molar-refractivity contribution in [1.29, 1.82) is 0 Å². The van der Waals surface area contributed by atoms with Gasteiger partial charge in [0.15, 0.2) is 0 Å². The van der Waals surface area contributed by atoms with Crippen LogP contribution in [0.3, 0.4) is 0 Å². The second-order valence-corrected chi connectivity index (χ2v) is 13.6. The molecule has 3 aromatic rings. The first kappa shape index (κ1) is 37.9. The van der Waals surface area contributed by atoms with Crippen molar-refractivity contribution in [3.05, 3.63) is 95.6 Å². The first-order chi connectivity index (χ1) is 23.5. The second kappa shape index (κ2) is 18.8. The molecule has 49 heavy (non-hydrogen) atoms. The maximum absolute atomic E-state index is 13.7. The van der Waals surface area contributed by atoms with Crippen molar-refractivity contribution >= 4 is 12.0 Å². The summed E-state index contributed by atoms with van der Waals surface area (Å²) in [4.78, 5) is 27.3. The maximum atomic E-state index is 13.7. The molecule has 2 fully saturated rings. The summed E-state index contributed by atoms with van der Waals surface area (Å²) in [5.41, 5.74) is 6.32. The standard InChI is InChI=1S/C37H50N4O.C2HF3O2/c1-29(2)25-38-26-32-12-9-13-34(24-32)33-18-16-31(17-19-33)28-41(37(42)39-35-14-7-4-8-15-35)36-20-22-40(23-21-36)27-30-10-5-3-6-11-30;3-2(4,5)1(6)7/h3,5-6,9-13,16-19,24,29,35-36,38H,4,7-8,14-15,20-23,25-28H2,1-2H3,(H,39,42);(H,6,7). The number of aliphatic carboxylic acids is 1. The lowest BCUT2D eigenvalue weighted by molar-refractivity contribution is -0.192. The molecule has 0 aromatic heterocycles. The number of carboxylic acid groups (broad SMARTS) is 1. The van der Waals surface area contributed by atoms with Crippen molar-refractivity contribution in [2.24, 2.45) is 5.92 Å². The van der Waals surface area contributed by atoms with E-state index in [4.69, 9.17) is 9.90 Å². The quantitative estimate of drug-likeness (QED) is 0.190. The first-order valence-electron chi connectivity index (χ1n) is 17.5. The van der Waals surface area contributed by atoms with Crippen LogP contribution in [-0.2, 0) is 24.4 Å². The van der Waals surface area contributed by atoms with Crippen molar-refractivity contribution in [3.63, 3.8) is 0 Å². The van der Waals surface area contributed by atoms with Crippen molar-refractivity contribution in [2.45, 2.75) is 96.7 Å². The molecule has 10 heteroatoms. The number of nitrogens with zero attached hydrogens (tertiary/aromatic N) is 2. The van der Waals surface area contributed by atoms with E-state index in [9.17, 15) is 18.0 Å².